The lowest BCUT2D eigenvalue weighted by atomic mass is 9.33. The number of ether oxygens (including phenoxy) is 8. The summed E-state index contributed by atoms with van der Waals surface area (Å²) in [7, 11) is 0. The lowest BCUT2D eigenvalue weighted by Gasteiger charge is -2.71. The Morgan fingerprint density at radius 1 is 0.538 bits per heavy atom. The van der Waals surface area contributed by atoms with E-state index in [2.05, 4.69) is 54.5 Å². The fourth-order valence-corrected chi connectivity index (χ4v) is 16.9. The van der Waals surface area contributed by atoms with Gasteiger partial charge in [-0.1, -0.05) is 67.0 Å². The van der Waals surface area contributed by atoms with E-state index in [0.717, 1.165) is 18.4 Å². The van der Waals surface area contributed by atoms with E-state index >= 15 is 4.79 Å². The van der Waals surface area contributed by atoms with Crippen molar-refractivity contribution in [2.75, 3.05) is 33.0 Å². The Hall–Kier alpha value is -1.47. The third-order valence-corrected chi connectivity index (χ3v) is 21.7. The van der Waals surface area contributed by atoms with E-state index in [1.54, 1.807) is 6.92 Å². The minimum absolute atomic E-state index is 0.0115. The summed E-state index contributed by atoms with van der Waals surface area (Å²) in [6.07, 6.45) is -25.5. The number of carbonyl (C=O) groups excluding carboxylic acids is 1. The molecule has 448 valence electrons. The number of aliphatic hydroxyl groups is 14. The van der Waals surface area contributed by atoms with Crippen molar-refractivity contribution < 1.29 is 114 Å². The van der Waals surface area contributed by atoms with Crippen molar-refractivity contribution in [2.24, 2.45) is 56.2 Å². The number of Topliss-reactive ketones (excluding diaryl/α,β-unsaturated/α-hetero) is 1. The Morgan fingerprint density at radius 2 is 1.03 bits per heavy atom. The molecular weight excluding hydrogens is 1030 g/mol. The molecule has 0 aromatic rings. The first-order chi connectivity index (χ1) is 36.5. The van der Waals surface area contributed by atoms with Gasteiger partial charge in [0.15, 0.2) is 25.2 Å². The molecule has 23 heteroatoms. The third kappa shape index (κ3) is 9.63. The number of carbonyl (C=O) groups is 1. The summed E-state index contributed by atoms with van der Waals surface area (Å²) in [6, 6.07) is 0. The standard InChI is InChI=1S/C55H90O23/c1-23-26(18-56)71-46(42(69)35(23)62)76-34-17-50(2,3)15-25-24-9-10-31-52(6)13-12-33(51(4,5)30(52)11-14-53(31,7)54(24,8)16-32(61)55(25,34)22-60)75-48-44(40(67)37(64)28(20-58)73-48)78-49-45(41(68)38(65)29(21-59)74-49)77-47-43(70)39(66)36(63)27(19-57)72-47/h9,23,25-31,33-49,56-60,62-70H,10-22H2,1-8H3/t23-,25-,26-,27+,28+,29+,30-,31+,33-,34-,35+,36+,37+,38+,39-,40-,41-,42-,43+,44+,45+,46+,47-,48-,49-,52-,53+,54+,55-/m0/s1. The van der Waals surface area contributed by atoms with E-state index in [0.29, 0.717) is 32.1 Å². The second-order valence-electron chi connectivity index (χ2n) is 26.7. The maximum atomic E-state index is 15.4. The number of hydrogen-bond donors (Lipinski definition) is 14. The molecule has 4 heterocycles. The first-order valence-corrected chi connectivity index (χ1v) is 28.2. The zero-order chi connectivity index (χ0) is 57.1. The zero-order valence-corrected chi connectivity index (χ0v) is 46.1. The Morgan fingerprint density at radius 3 is 1.59 bits per heavy atom. The van der Waals surface area contributed by atoms with Crippen LogP contribution in [0.5, 0.6) is 0 Å². The molecule has 9 aliphatic rings. The van der Waals surface area contributed by atoms with Crippen molar-refractivity contribution in [1.29, 1.82) is 0 Å². The molecule has 8 fully saturated rings. The number of rotatable bonds is 13. The van der Waals surface area contributed by atoms with E-state index in [1.165, 1.54) is 0 Å². The molecule has 29 atom stereocenters. The van der Waals surface area contributed by atoms with Crippen LogP contribution in [0.3, 0.4) is 0 Å². The maximum Gasteiger partial charge on any atom is 0.187 e. The molecule has 0 aromatic heterocycles. The van der Waals surface area contributed by atoms with Gasteiger partial charge in [0.2, 0.25) is 0 Å². The third-order valence-electron chi connectivity index (χ3n) is 21.7. The van der Waals surface area contributed by atoms with Crippen molar-refractivity contribution in [1.82, 2.24) is 0 Å². The van der Waals surface area contributed by atoms with Crippen LogP contribution in [0.1, 0.15) is 107 Å². The van der Waals surface area contributed by atoms with Crippen molar-refractivity contribution in [3.63, 3.8) is 0 Å². The molecule has 0 bridgehead atoms. The Bertz CT molecular complexity index is 2150. The van der Waals surface area contributed by atoms with Gasteiger partial charge in [0.25, 0.3) is 0 Å². The monoisotopic (exact) mass is 1120 g/mol. The number of aliphatic hydroxyl groups excluding tert-OH is 14. The zero-order valence-electron chi connectivity index (χ0n) is 46.1. The summed E-state index contributed by atoms with van der Waals surface area (Å²) in [5, 5.41) is 151. The van der Waals surface area contributed by atoms with Gasteiger partial charge in [-0.3, -0.25) is 4.79 Å². The van der Waals surface area contributed by atoms with E-state index in [1.807, 2.05) is 0 Å². The maximum absolute atomic E-state index is 15.4. The van der Waals surface area contributed by atoms with Crippen LogP contribution in [0, 0.1) is 56.2 Å². The first kappa shape index (κ1) is 61.1. The number of ketones is 1. The SMILES string of the molecule is C[C@@H]1[C@@H](O)[C@H](O)[C@@H](O[C@H]2CC(C)(C)C[C@H]3C4=CC[C@@H]5[C@@]6(C)CC[C@H](O[C@@H]7O[C@H](CO)[C@@H](O)[C@H](O)[C@H]7O[C@@H]7O[C@H](CO)[C@@H](O)[C@H](O)[C@H]7O[C@@H]7O[C@H](CO)[C@@H](O)[C@H](O)[C@H]7O)C(C)(C)[C@@H]6CC[C@@]5(C)[C@]4(C)CC(=O)[C@@]23CO)O[C@H]1CO. The molecule has 0 unspecified atom stereocenters. The summed E-state index contributed by atoms with van der Waals surface area (Å²) in [5.41, 5.74) is -2.60. The number of allylic oxidation sites excluding steroid dienone is 2. The highest BCUT2D eigenvalue weighted by Gasteiger charge is 2.72. The van der Waals surface area contributed by atoms with Crippen LogP contribution in [-0.2, 0) is 42.7 Å². The summed E-state index contributed by atoms with van der Waals surface area (Å²) in [5.74, 6) is -1.03. The van der Waals surface area contributed by atoms with Gasteiger partial charge in [0.05, 0.1) is 62.9 Å². The molecule has 5 aliphatic carbocycles. The van der Waals surface area contributed by atoms with Crippen LogP contribution in [0.4, 0.5) is 0 Å². The van der Waals surface area contributed by atoms with Crippen molar-refractivity contribution in [2.45, 2.75) is 236 Å². The van der Waals surface area contributed by atoms with Crippen LogP contribution in [0.25, 0.3) is 0 Å². The number of hydrogen-bond acceptors (Lipinski definition) is 23. The second-order valence-corrected chi connectivity index (χ2v) is 26.7. The normalized spacial score (nSPS) is 54.0. The largest absolute Gasteiger partial charge is 0.395 e. The summed E-state index contributed by atoms with van der Waals surface area (Å²) < 4.78 is 49.4. The van der Waals surface area contributed by atoms with E-state index in [-0.39, 0.29) is 34.9 Å². The Kier molecular flexibility index (Phi) is 17.4. The lowest BCUT2D eigenvalue weighted by molar-refractivity contribution is -0.398. The molecule has 78 heavy (non-hydrogen) atoms. The minimum atomic E-state index is -1.95. The van der Waals surface area contributed by atoms with Crippen LogP contribution in [0.15, 0.2) is 11.6 Å². The highest BCUT2D eigenvalue weighted by Crippen LogP contribution is 2.75. The van der Waals surface area contributed by atoms with Gasteiger partial charge in [-0.05, 0) is 84.4 Å². The first-order valence-electron chi connectivity index (χ1n) is 28.2. The average Bonchev–Trinajstić information content (AvgIpc) is 3.49. The van der Waals surface area contributed by atoms with E-state index in [4.69, 9.17) is 37.9 Å². The molecule has 23 nitrogen and oxygen atoms in total. The predicted octanol–water partition coefficient (Wildman–Crippen LogP) is -2.14. The summed E-state index contributed by atoms with van der Waals surface area (Å²) in [4.78, 5) is 15.4. The average molecular weight is 1120 g/mol. The van der Waals surface area contributed by atoms with Gasteiger partial charge in [0.1, 0.15) is 85.1 Å². The topological polar surface area (TPSA) is 374 Å². The molecule has 4 aliphatic heterocycles. The van der Waals surface area contributed by atoms with Gasteiger partial charge in [-0.15, -0.1) is 0 Å². The Balaban J connectivity index is 0.975. The van der Waals surface area contributed by atoms with Crippen LogP contribution < -0.4 is 0 Å². The molecule has 0 radical (unpaired) electrons. The minimum Gasteiger partial charge on any atom is -0.395 e. The molecule has 4 saturated carbocycles. The Labute approximate surface area is 455 Å². The van der Waals surface area contributed by atoms with E-state index < -0.39 is 195 Å². The van der Waals surface area contributed by atoms with Crippen LogP contribution in [0.2, 0.25) is 0 Å². The van der Waals surface area contributed by atoms with Crippen molar-refractivity contribution in [3.8, 4) is 0 Å². The van der Waals surface area contributed by atoms with Crippen molar-refractivity contribution >= 4 is 5.78 Å². The molecule has 4 saturated heterocycles. The fourth-order valence-electron chi connectivity index (χ4n) is 16.9. The summed E-state index contributed by atoms with van der Waals surface area (Å²) >= 11 is 0. The van der Waals surface area contributed by atoms with Gasteiger partial charge in [-0.2, -0.15) is 0 Å². The quantitative estimate of drug-likeness (QED) is 0.0691. The van der Waals surface area contributed by atoms with Crippen molar-refractivity contribution in [3.05, 3.63) is 11.6 Å². The van der Waals surface area contributed by atoms with Crippen LogP contribution >= 0.6 is 0 Å². The van der Waals surface area contributed by atoms with Crippen LogP contribution in [-0.4, -0.2) is 239 Å². The second kappa shape index (κ2) is 22.2. The van der Waals surface area contributed by atoms with Gasteiger partial charge >= 0.3 is 0 Å². The summed E-state index contributed by atoms with van der Waals surface area (Å²) in [6.45, 7) is 13.7. The number of fused-ring (bicyclic) bond motifs is 7. The molecule has 0 spiro atoms. The highest BCUT2D eigenvalue weighted by molar-refractivity contribution is 5.89. The molecule has 9 rings (SSSR count). The molecule has 14 N–H and O–H groups in total. The molecular formula is C55H90O23. The smallest absolute Gasteiger partial charge is 0.187 e. The van der Waals surface area contributed by atoms with E-state index in [9.17, 15) is 71.5 Å². The highest BCUT2D eigenvalue weighted by atomic mass is 16.8. The van der Waals surface area contributed by atoms with Gasteiger partial charge in [0, 0.05) is 17.8 Å². The lowest BCUT2D eigenvalue weighted by Crippen LogP contribution is -2.69. The van der Waals surface area contributed by atoms with Gasteiger partial charge < -0.3 is 109 Å². The predicted molar refractivity (Wildman–Crippen MR) is 268 cm³/mol. The fraction of sp³-hybridized carbons (Fsp3) is 0.945. The molecule has 0 amide bonds. The van der Waals surface area contributed by atoms with Gasteiger partial charge in [-0.25, -0.2) is 0 Å². The molecule has 0 aromatic carbocycles.